The van der Waals surface area contributed by atoms with E-state index in [1.807, 2.05) is 0 Å². The molecule has 2 amide bonds. The smallest absolute Gasteiger partial charge is 0.347 e. The van der Waals surface area contributed by atoms with Crippen LogP contribution in [0.15, 0.2) is 18.2 Å². The summed E-state index contributed by atoms with van der Waals surface area (Å²) in [5.74, 6) is -0.852. The molecule has 21 heavy (non-hydrogen) atoms. The molecule has 1 aromatic rings. The van der Waals surface area contributed by atoms with Gasteiger partial charge in [0.15, 0.2) is 0 Å². The number of nitrogens with zero attached hydrogens (tertiary/aromatic N) is 1. The number of halogens is 4. The van der Waals surface area contributed by atoms with Crippen molar-refractivity contribution in [1.29, 1.82) is 0 Å². The molecule has 0 saturated carbocycles. The molecule has 8 heteroatoms. The molecular formula is C13H12ClF3N2O2. The number of benzene rings is 1. The second kappa shape index (κ2) is 5.55. The normalized spacial score (nSPS) is 19.0. The first-order chi connectivity index (χ1) is 9.68. The molecule has 1 atom stereocenters. The monoisotopic (exact) mass is 320 g/mol. The summed E-state index contributed by atoms with van der Waals surface area (Å²) in [6, 6.07) is 2.12. The lowest BCUT2D eigenvalue weighted by Crippen LogP contribution is -2.36. The first-order valence-electron chi connectivity index (χ1n) is 6.10. The van der Waals surface area contributed by atoms with Crippen LogP contribution >= 0.6 is 11.6 Å². The highest BCUT2D eigenvalue weighted by molar-refractivity contribution is 6.33. The summed E-state index contributed by atoms with van der Waals surface area (Å²) in [6.45, 7) is 0.321. The lowest BCUT2D eigenvalue weighted by atomic mass is 10.1. The van der Waals surface area contributed by atoms with E-state index in [-0.39, 0.29) is 22.9 Å². The second-order valence-electron chi connectivity index (χ2n) is 4.84. The van der Waals surface area contributed by atoms with Gasteiger partial charge in [-0.25, -0.2) is 0 Å². The van der Waals surface area contributed by atoms with Crippen molar-refractivity contribution in [1.82, 2.24) is 10.2 Å². The number of carbonyl (C=O) groups is 2. The Bertz CT molecular complexity index is 589. The van der Waals surface area contributed by atoms with Crippen LogP contribution in [0.4, 0.5) is 13.2 Å². The summed E-state index contributed by atoms with van der Waals surface area (Å²) in [5, 5.41) is 2.45. The Morgan fingerprint density at radius 3 is 2.62 bits per heavy atom. The van der Waals surface area contributed by atoms with Gasteiger partial charge in [0.25, 0.3) is 5.91 Å². The van der Waals surface area contributed by atoms with Crippen molar-refractivity contribution in [3.8, 4) is 0 Å². The molecule has 1 saturated heterocycles. The Hall–Kier alpha value is -1.76. The van der Waals surface area contributed by atoms with Gasteiger partial charge in [0.1, 0.15) is 0 Å². The van der Waals surface area contributed by atoms with Crippen molar-refractivity contribution in [2.75, 3.05) is 13.6 Å². The molecule has 0 spiro atoms. The predicted octanol–water partition coefficient (Wildman–Crippen LogP) is 2.32. The fraction of sp³-hybridized carbons (Fsp3) is 0.385. The number of hydrogen-bond donors (Lipinski definition) is 1. The van der Waals surface area contributed by atoms with Gasteiger partial charge in [-0.2, -0.15) is 13.2 Å². The first-order valence-corrected chi connectivity index (χ1v) is 6.48. The lowest BCUT2D eigenvalue weighted by Gasteiger charge is -2.14. The van der Waals surface area contributed by atoms with E-state index in [0.29, 0.717) is 12.6 Å². The zero-order valence-corrected chi connectivity index (χ0v) is 11.8. The molecule has 0 aromatic heterocycles. The number of amides is 2. The van der Waals surface area contributed by atoms with Crippen molar-refractivity contribution in [2.45, 2.75) is 18.6 Å². The van der Waals surface area contributed by atoms with Crippen LogP contribution in [0, 0.1) is 0 Å². The van der Waals surface area contributed by atoms with Gasteiger partial charge in [0, 0.05) is 20.0 Å². The van der Waals surface area contributed by atoms with Gasteiger partial charge in [-0.1, -0.05) is 11.6 Å². The lowest BCUT2D eigenvalue weighted by molar-refractivity contribution is -0.137. The number of likely N-dealkylation sites (tertiary alicyclic amines) is 1. The molecule has 2 rings (SSSR count). The molecule has 4 nitrogen and oxygen atoms in total. The molecular weight excluding hydrogens is 309 g/mol. The maximum atomic E-state index is 12.6. The first kappa shape index (κ1) is 15.6. The van der Waals surface area contributed by atoms with Gasteiger partial charge >= 0.3 is 6.18 Å². The largest absolute Gasteiger partial charge is 0.416 e. The summed E-state index contributed by atoms with van der Waals surface area (Å²) in [6.07, 6.45) is -4.43. The third kappa shape index (κ3) is 3.47. The predicted molar refractivity (Wildman–Crippen MR) is 70.0 cm³/mol. The summed E-state index contributed by atoms with van der Waals surface area (Å²) >= 11 is 5.78. The Balaban J connectivity index is 2.17. The van der Waals surface area contributed by atoms with E-state index in [4.69, 9.17) is 11.6 Å². The molecule has 1 N–H and O–H groups in total. The molecule has 114 valence electrons. The standard InChI is InChI=1S/C13H12ClF3N2O2/c1-19-6-8(5-11(19)20)18-12(21)9-4-7(13(15,16)17)2-3-10(9)14/h2-4,8H,5-6H2,1H3,(H,18,21)/t8-/m0/s1. The molecule has 0 bridgehead atoms. The zero-order chi connectivity index (χ0) is 15.8. The summed E-state index contributed by atoms with van der Waals surface area (Å²) in [7, 11) is 1.59. The van der Waals surface area contributed by atoms with Gasteiger partial charge in [0.05, 0.1) is 22.2 Å². The van der Waals surface area contributed by atoms with Crippen molar-refractivity contribution < 1.29 is 22.8 Å². The van der Waals surface area contributed by atoms with E-state index in [2.05, 4.69) is 5.32 Å². The average Bonchev–Trinajstić information content (AvgIpc) is 2.67. The van der Waals surface area contributed by atoms with Gasteiger partial charge in [-0.05, 0) is 18.2 Å². The van der Waals surface area contributed by atoms with Gasteiger partial charge in [-0.15, -0.1) is 0 Å². The zero-order valence-electron chi connectivity index (χ0n) is 11.0. The highest BCUT2D eigenvalue weighted by atomic mass is 35.5. The van der Waals surface area contributed by atoms with Gasteiger partial charge < -0.3 is 10.2 Å². The van der Waals surface area contributed by atoms with Crippen LogP contribution in [0.5, 0.6) is 0 Å². The number of carbonyl (C=O) groups excluding carboxylic acids is 2. The highest BCUT2D eigenvalue weighted by Crippen LogP contribution is 2.31. The topological polar surface area (TPSA) is 49.4 Å². The van der Waals surface area contributed by atoms with Crippen LogP contribution in [-0.4, -0.2) is 36.3 Å². The van der Waals surface area contributed by atoms with Gasteiger partial charge in [-0.3, -0.25) is 9.59 Å². The van der Waals surface area contributed by atoms with E-state index >= 15 is 0 Å². The molecule has 1 fully saturated rings. The number of nitrogens with one attached hydrogen (secondary N) is 1. The molecule has 1 aliphatic heterocycles. The molecule has 1 heterocycles. The molecule has 1 aromatic carbocycles. The number of alkyl halides is 3. The number of rotatable bonds is 2. The number of hydrogen-bond acceptors (Lipinski definition) is 2. The van der Waals surface area contributed by atoms with E-state index in [0.717, 1.165) is 12.1 Å². The number of likely N-dealkylation sites (N-methyl/N-ethyl adjacent to an activating group) is 1. The Morgan fingerprint density at radius 1 is 1.43 bits per heavy atom. The van der Waals surface area contributed by atoms with Crippen LogP contribution < -0.4 is 5.32 Å². The van der Waals surface area contributed by atoms with Crippen LogP contribution in [0.1, 0.15) is 22.3 Å². The van der Waals surface area contributed by atoms with Crippen LogP contribution in [0.3, 0.4) is 0 Å². The van der Waals surface area contributed by atoms with Crippen molar-refractivity contribution in [3.63, 3.8) is 0 Å². The Labute approximate surface area is 123 Å². The summed E-state index contributed by atoms with van der Waals surface area (Å²) in [4.78, 5) is 24.8. The third-order valence-electron chi connectivity index (χ3n) is 3.21. The fourth-order valence-electron chi connectivity index (χ4n) is 2.10. The minimum atomic E-state index is -4.55. The van der Waals surface area contributed by atoms with E-state index in [1.54, 1.807) is 7.05 Å². The molecule has 0 aliphatic carbocycles. The van der Waals surface area contributed by atoms with E-state index in [9.17, 15) is 22.8 Å². The van der Waals surface area contributed by atoms with Crippen LogP contribution in [-0.2, 0) is 11.0 Å². The minimum absolute atomic E-state index is 0.0711. The van der Waals surface area contributed by atoms with Crippen LogP contribution in [0.25, 0.3) is 0 Å². The van der Waals surface area contributed by atoms with Crippen LogP contribution in [0.2, 0.25) is 5.02 Å². The maximum Gasteiger partial charge on any atom is 0.416 e. The minimum Gasteiger partial charge on any atom is -0.347 e. The van der Waals surface area contributed by atoms with E-state index < -0.39 is 23.7 Å². The second-order valence-corrected chi connectivity index (χ2v) is 5.25. The average molecular weight is 321 g/mol. The summed E-state index contributed by atoms with van der Waals surface area (Å²) < 4.78 is 37.9. The molecule has 0 radical (unpaired) electrons. The fourth-order valence-corrected chi connectivity index (χ4v) is 2.30. The third-order valence-corrected chi connectivity index (χ3v) is 3.54. The van der Waals surface area contributed by atoms with Crippen molar-refractivity contribution in [3.05, 3.63) is 34.3 Å². The quantitative estimate of drug-likeness (QED) is 0.909. The molecule has 0 unspecified atom stereocenters. The van der Waals surface area contributed by atoms with E-state index in [1.165, 1.54) is 4.90 Å². The molecule has 1 aliphatic rings. The van der Waals surface area contributed by atoms with Crippen molar-refractivity contribution >= 4 is 23.4 Å². The van der Waals surface area contributed by atoms with Gasteiger partial charge in [0.2, 0.25) is 5.91 Å². The highest BCUT2D eigenvalue weighted by Gasteiger charge is 2.33. The Morgan fingerprint density at radius 2 is 2.10 bits per heavy atom. The summed E-state index contributed by atoms with van der Waals surface area (Å²) in [5.41, 5.74) is -1.20. The SMILES string of the molecule is CN1C[C@@H](NC(=O)c2cc(C(F)(F)F)ccc2Cl)CC1=O. The Kier molecular flexibility index (Phi) is 4.13. The maximum absolute atomic E-state index is 12.6. The van der Waals surface area contributed by atoms with Crippen molar-refractivity contribution in [2.24, 2.45) is 0 Å².